The van der Waals surface area contributed by atoms with Gasteiger partial charge in [-0.05, 0) is 61.9 Å². The lowest BCUT2D eigenvalue weighted by atomic mass is 10.2. The zero-order valence-electron chi connectivity index (χ0n) is 16.4. The molecule has 0 bridgehead atoms. The molecule has 29 heavy (non-hydrogen) atoms. The van der Waals surface area contributed by atoms with Gasteiger partial charge < -0.3 is 14.2 Å². The van der Waals surface area contributed by atoms with E-state index >= 15 is 0 Å². The first kappa shape index (κ1) is 21.7. The summed E-state index contributed by atoms with van der Waals surface area (Å²) in [5.41, 5.74) is 4.97. The molecule has 0 aliphatic carbocycles. The molecule has 2 aromatic carbocycles. The minimum atomic E-state index is -0.840. The van der Waals surface area contributed by atoms with Gasteiger partial charge in [0.05, 0.1) is 13.7 Å². The van der Waals surface area contributed by atoms with Gasteiger partial charge in [-0.3, -0.25) is 20.4 Å². The van der Waals surface area contributed by atoms with E-state index in [0.717, 1.165) is 0 Å². The lowest BCUT2D eigenvalue weighted by Gasteiger charge is -2.15. The molecule has 2 amide bonds. The largest absolute Gasteiger partial charge is 0.494 e. The zero-order chi connectivity index (χ0) is 21.2. The maximum Gasteiger partial charge on any atom is 0.279 e. The molecule has 2 N–H and O–H groups in total. The van der Waals surface area contributed by atoms with Gasteiger partial charge in [0, 0.05) is 6.08 Å². The number of benzene rings is 2. The number of carbonyl (C=O) groups excluding carboxylic acids is 2. The molecule has 0 heterocycles. The minimum Gasteiger partial charge on any atom is -0.494 e. The number of carbonyl (C=O) groups is 2. The summed E-state index contributed by atoms with van der Waals surface area (Å²) in [6.45, 7) is 3.99. The third kappa shape index (κ3) is 6.84. The Balaban J connectivity index is 1.81. The van der Waals surface area contributed by atoms with Gasteiger partial charge in [-0.25, -0.2) is 4.39 Å². The molecule has 0 unspecified atom stereocenters. The Hall–Kier alpha value is -3.55. The van der Waals surface area contributed by atoms with Crippen LogP contribution >= 0.6 is 0 Å². The fourth-order valence-corrected chi connectivity index (χ4v) is 2.26. The molecule has 0 aromatic heterocycles. The predicted octanol–water partition coefficient (Wildman–Crippen LogP) is 2.86. The first-order valence-electron chi connectivity index (χ1n) is 8.94. The molecule has 0 saturated heterocycles. The fourth-order valence-electron chi connectivity index (χ4n) is 2.26. The monoisotopic (exact) mass is 402 g/mol. The Morgan fingerprint density at radius 1 is 1.10 bits per heavy atom. The second-order valence-corrected chi connectivity index (χ2v) is 5.87. The number of hydrogen-bond donors (Lipinski definition) is 2. The minimum absolute atomic E-state index is 0.111. The molecule has 2 rings (SSSR count). The quantitative estimate of drug-likeness (QED) is 0.524. The fraction of sp³-hybridized carbons (Fsp3) is 0.238. The Bertz CT molecular complexity index is 868. The van der Waals surface area contributed by atoms with Crippen LogP contribution in [0.25, 0.3) is 6.08 Å². The normalized spacial score (nSPS) is 11.6. The summed E-state index contributed by atoms with van der Waals surface area (Å²) in [7, 11) is 1.37. The lowest BCUT2D eigenvalue weighted by Crippen LogP contribution is -2.46. The van der Waals surface area contributed by atoms with E-state index in [9.17, 15) is 14.0 Å². The maximum absolute atomic E-state index is 13.6. The average molecular weight is 402 g/mol. The standard InChI is InChI=1S/C21H23FN2O5/c1-4-28-16-7-9-17(10-8-16)29-14(2)21(26)24-23-20(25)12-6-15-5-11-19(27-3)18(22)13-15/h5-14H,4H2,1-3H3,(H,23,25)(H,24,26)/b12-6+/t14-/m1/s1. The van der Waals surface area contributed by atoms with E-state index in [-0.39, 0.29) is 5.75 Å². The van der Waals surface area contributed by atoms with Crippen molar-refractivity contribution in [2.24, 2.45) is 0 Å². The van der Waals surface area contributed by atoms with E-state index in [4.69, 9.17) is 14.2 Å². The number of methoxy groups -OCH3 is 1. The lowest BCUT2D eigenvalue weighted by molar-refractivity contribution is -0.131. The Morgan fingerprint density at radius 3 is 2.41 bits per heavy atom. The van der Waals surface area contributed by atoms with Crippen LogP contribution in [-0.4, -0.2) is 31.6 Å². The average Bonchev–Trinajstić information content (AvgIpc) is 2.72. The molecule has 2 aromatic rings. The van der Waals surface area contributed by atoms with Crippen LogP contribution in [0.4, 0.5) is 4.39 Å². The third-order valence-corrected chi connectivity index (χ3v) is 3.73. The van der Waals surface area contributed by atoms with Crippen molar-refractivity contribution >= 4 is 17.9 Å². The van der Waals surface area contributed by atoms with E-state index in [1.807, 2.05) is 6.92 Å². The smallest absolute Gasteiger partial charge is 0.279 e. The molecule has 1 atom stereocenters. The number of nitrogens with one attached hydrogen (secondary N) is 2. The SMILES string of the molecule is CCOc1ccc(O[C@H](C)C(=O)NNC(=O)/C=C/c2ccc(OC)c(F)c2)cc1. The second-order valence-electron chi connectivity index (χ2n) is 5.87. The highest BCUT2D eigenvalue weighted by Crippen LogP contribution is 2.19. The molecule has 7 nitrogen and oxygen atoms in total. The summed E-state index contributed by atoms with van der Waals surface area (Å²) in [6.07, 6.45) is 1.73. The second kappa shape index (κ2) is 10.7. The van der Waals surface area contributed by atoms with Crippen molar-refractivity contribution in [2.45, 2.75) is 20.0 Å². The van der Waals surface area contributed by atoms with Gasteiger partial charge in [0.2, 0.25) is 0 Å². The number of ether oxygens (including phenoxy) is 3. The van der Waals surface area contributed by atoms with Crippen molar-refractivity contribution in [1.82, 2.24) is 10.9 Å². The highest BCUT2D eigenvalue weighted by atomic mass is 19.1. The van der Waals surface area contributed by atoms with E-state index in [2.05, 4.69) is 10.9 Å². The summed E-state index contributed by atoms with van der Waals surface area (Å²) in [6, 6.07) is 11.1. The molecule has 0 aliphatic rings. The van der Waals surface area contributed by atoms with Crippen molar-refractivity contribution in [3.8, 4) is 17.2 Å². The number of hydrazine groups is 1. The summed E-state index contributed by atoms with van der Waals surface area (Å²) < 4.78 is 29.3. The van der Waals surface area contributed by atoms with Crippen LogP contribution in [0.3, 0.4) is 0 Å². The van der Waals surface area contributed by atoms with E-state index < -0.39 is 23.7 Å². The number of hydrogen-bond acceptors (Lipinski definition) is 5. The molecular weight excluding hydrogens is 379 g/mol. The van der Waals surface area contributed by atoms with Crippen LogP contribution in [0, 0.1) is 5.82 Å². The molecule has 0 fully saturated rings. The Kier molecular flexibility index (Phi) is 8.02. The number of amides is 2. The van der Waals surface area contributed by atoms with Crippen LogP contribution in [0.2, 0.25) is 0 Å². The highest BCUT2D eigenvalue weighted by molar-refractivity contribution is 5.93. The van der Waals surface area contributed by atoms with E-state index in [1.54, 1.807) is 37.3 Å². The topological polar surface area (TPSA) is 85.9 Å². The molecular formula is C21H23FN2O5. The summed E-state index contributed by atoms with van der Waals surface area (Å²) in [5.74, 6) is -0.348. The summed E-state index contributed by atoms with van der Waals surface area (Å²) in [5, 5.41) is 0. The molecule has 0 aliphatic heterocycles. The van der Waals surface area contributed by atoms with Gasteiger partial charge in [0.25, 0.3) is 11.8 Å². The van der Waals surface area contributed by atoms with Gasteiger partial charge in [-0.1, -0.05) is 6.07 Å². The van der Waals surface area contributed by atoms with Gasteiger partial charge in [-0.2, -0.15) is 0 Å². The molecule has 0 saturated carbocycles. The Labute approximate surface area is 168 Å². The molecule has 0 spiro atoms. The van der Waals surface area contributed by atoms with Crippen molar-refractivity contribution < 1.29 is 28.2 Å². The molecule has 8 heteroatoms. The van der Waals surface area contributed by atoms with Gasteiger partial charge in [0.1, 0.15) is 11.5 Å². The highest BCUT2D eigenvalue weighted by Gasteiger charge is 2.15. The van der Waals surface area contributed by atoms with Crippen molar-refractivity contribution in [1.29, 1.82) is 0 Å². The van der Waals surface area contributed by atoms with Gasteiger partial charge >= 0.3 is 0 Å². The van der Waals surface area contributed by atoms with Crippen molar-refractivity contribution in [3.63, 3.8) is 0 Å². The van der Waals surface area contributed by atoms with Crippen LogP contribution in [0.15, 0.2) is 48.5 Å². The van der Waals surface area contributed by atoms with Gasteiger partial charge in [0.15, 0.2) is 17.7 Å². The first-order valence-corrected chi connectivity index (χ1v) is 8.94. The van der Waals surface area contributed by atoms with Crippen LogP contribution in [0.1, 0.15) is 19.4 Å². The van der Waals surface area contributed by atoms with Crippen molar-refractivity contribution in [3.05, 3.63) is 59.9 Å². The van der Waals surface area contributed by atoms with E-state index in [0.29, 0.717) is 23.7 Å². The first-order chi connectivity index (χ1) is 13.9. The van der Waals surface area contributed by atoms with Crippen LogP contribution < -0.4 is 25.1 Å². The summed E-state index contributed by atoms with van der Waals surface area (Å²) >= 11 is 0. The number of rotatable bonds is 8. The van der Waals surface area contributed by atoms with Gasteiger partial charge in [-0.15, -0.1) is 0 Å². The zero-order valence-corrected chi connectivity index (χ0v) is 16.4. The Morgan fingerprint density at radius 2 is 1.79 bits per heavy atom. The molecule has 154 valence electrons. The number of halogens is 1. The van der Waals surface area contributed by atoms with Crippen LogP contribution in [-0.2, 0) is 9.59 Å². The van der Waals surface area contributed by atoms with Crippen molar-refractivity contribution in [2.75, 3.05) is 13.7 Å². The van der Waals surface area contributed by atoms with Crippen LogP contribution in [0.5, 0.6) is 17.2 Å². The molecule has 0 radical (unpaired) electrons. The maximum atomic E-state index is 13.6. The third-order valence-electron chi connectivity index (χ3n) is 3.73. The predicted molar refractivity (Wildman–Crippen MR) is 106 cm³/mol. The van der Waals surface area contributed by atoms with E-state index in [1.165, 1.54) is 31.4 Å². The summed E-state index contributed by atoms with van der Waals surface area (Å²) in [4.78, 5) is 23.9.